The summed E-state index contributed by atoms with van der Waals surface area (Å²) < 4.78 is 21.4. The van der Waals surface area contributed by atoms with E-state index in [0.717, 1.165) is 0 Å². The van der Waals surface area contributed by atoms with Crippen molar-refractivity contribution >= 4 is 11.8 Å². The Bertz CT molecular complexity index is 905. The van der Waals surface area contributed by atoms with Crippen molar-refractivity contribution in [3.05, 3.63) is 41.5 Å². The molecule has 0 fully saturated rings. The van der Waals surface area contributed by atoms with Crippen LogP contribution in [0.25, 0.3) is 0 Å². The summed E-state index contributed by atoms with van der Waals surface area (Å²) in [6, 6.07) is 7.59. The van der Waals surface area contributed by atoms with Gasteiger partial charge in [0, 0.05) is 18.6 Å². The van der Waals surface area contributed by atoms with Gasteiger partial charge < -0.3 is 29.2 Å². The highest BCUT2D eigenvalue weighted by Crippen LogP contribution is 2.50. The molecule has 0 aromatic heterocycles. The van der Waals surface area contributed by atoms with E-state index in [1.807, 2.05) is 0 Å². The second kappa shape index (κ2) is 7.16. The molecule has 2 N–H and O–H groups in total. The van der Waals surface area contributed by atoms with Crippen molar-refractivity contribution in [1.29, 1.82) is 0 Å². The number of hydrogen-bond acceptors (Lipinski definition) is 8. The number of esters is 1. The van der Waals surface area contributed by atoms with Crippen LogP contribution in [0.2, 0.25) is 0 Å². The van der Waals surface area contributed by atoms with Gasteiger partial charge in [0.15, 0.2) is 23.7 Å². The van der Waals surface area contributed by atoms with Crippen LogP contribution in [0.5, 0.6) is 28.7 Å². The van der Waals surface area contributed by atoms with Gasteiger partial charge in [-0.3, -0.25) is 9.59 Å². The minimum absolute atomic E-state index is 0.0627. The standard InChI is InChI=1S/C19H18O8/c1-9(20)26-12-7-5-4-6-10(12)17-16(23)15(22)14-11(21)8-13(24-2)18(25-3)19(14)27-17/h4-8,16-17,21,23H,1-3H3/t16-,17-/m0/s1. The Labute approximate surface area is 154 Å². The maximum absolute atomic E-state index is 12.7. The summed E-state index contributed by atoms with van der Waals surface area (Å²) in [4.78, 5) is 24.1. The highest BCUT2D eigenvalue weighted by atomic mass is 16.6. The molecule has 0 radical (unpaired) electrons. The predicted octanol–water partition coefficient (Wildman–Crippen LogP) is 2.01. The lowest BCUT2D eigenvalue weighted by molar-refractivity contribution is -0.132. The smallest absolute Gasteiger partial charge is 0.308 e. The highest BCUT2D eigenvalue weighted by molar-refractivity contribution is 6.06. The molecule has 142 valence electrons. The number of aliphatic hydroxyl groups excluding tert-OH is 1. The fourth-order valence-corrected chi connectivity index (χ4v) is 2.97. The number of ether oxygens (including phenoxy) is 4. The normalized spacial score (nSPS) is 18.3. The van der Waals surface area contributed by atoms with Crippen molar-refractivity contribution in [1.82, 2.24) is 0 Å². The predicted molar refractivity (Wildman–Crippen MR) is 92.7 cm³/mol. The van der Waals surface area contributed by atoms with Gasteiger partial charge in [0.05, 0.1) is 14.2 Å². The number of hydrogen-bond donors (Lipinski definition) is 2. The van der Waals surface area contributed by atoms with Crippen LogP contribution < -0.4 is 18.9 Å². The van der Waals surface area contributed by atoms with Crippen molar-refractivity contribution in [3.8, 4) is 28.7 Å². The van der Waals surface area contributed by atoms with E-state index in [1.165, 1.54) is 33.3 Å². The zero-order chi connectivity index (χ0) is 19.7. The second-order valence-electron chi connectivity index (χ2n) is 5.81. The molecule has 27 heavy (non-hydrogen) atoms. The number of fused-ring (bicyclic) bond motifs is 1. The number of methoxy groups -OCH3 is 2. The minimum atomic E-state index is -1.63. The number of Topliss-reactive ketones (excluding diaryl/α,β-unsaturated/α-hetero) is 1. The zero-order valence-electron chi connectivity index (χ0n) is 14.9. The summed E-state index contributed by atoms with van der Waals surface area (Å²) in [7, 11) is 2.73. The summed E-state index contributed by atoms with van der Waals surface area (Å²) in [5.74, 6) is -1.37. The minimum Gasteiger partial charge on any atom is -0.507 e. The molecule has 3 rings (SSSR count). The first-order valence-corrected chi connectivity index (χ1v) is 8.03. The summed E-state index contributed by atoms with van der Waals surface area (Å²) in [6.45, 7) is 1.24. The lowest BCUT2D eigenvalue weighted by Crippen LogP contribution is -2.36. The van der Waals surface area contributed by atoms with Gasteiger partial charge in [-0.05, 0) is 6.07 Å². The van der Waals surface area contributed by atoms with Crippen molar-refractivity contribution in [2.75, 3.05) is 14.2 Å². The van der Waals surface area contributed by atoms with Gasteiger partial charge in [0.25, 0.3) is 0 Å². The van der Waals surface area contributed by atoms with Crippen LogP contribution in [0.4, 0.5) is 0 Å². The van der Waals surface area contributed by atoms with Gasteiger partial charge >= 0.3 is 5.97 Å². The van der Waals surface area contributed by atoms with Crippen molar-refractivity contribution in [3.63, 3.8) is 0 Å². The van der Waals surface area contributed by atoms with Crippen LogP contribution in [0.1, 0.15) is 28.9 Å². The molecule has 0 saturated heterocycles. The van der Waals surface area contributed by atoms with Crippen LogP contribution in [0.3, 0.4) is 0 Å². The van der Waals surface area contributed by atoms with E-state index in [4.69, 9.17) is 18.9 Å². The lowest BCUT2D eigenvalue weighted by atomic mass is 9.92. The molecule has 0 bridgehead atoms. The monoisotopic (exact) mass is 374 g/mol. The number of carbonyl (C=O) groups excluding carboxylic acids is 2. The molecule has 0 spiro atoms. The van der Waals surface area contributed by atoms with Crippen molar-refractivity contribution in [2.45, 2.75) is 19.1 Å². The summed E-state index contributed by atoms with van der Waals surface area (Å²) in [5, 5.41) is 20.7. The van der Waals surface area contributed by atoms with Crippen LogP contribution >= 0.6 is 0 Å². The van der Waals surface area contributed by atoms with Gasteiger partial charge in [0.2, 0.25) is 11.5 Å². The third-order valence-electron chi connectivity index (χ3n) is 4.13. The average molecular weight is 374 g/mol. The Morgan fingerprint density at radius 1 is 1.15 bits per heavy atom. The van der Waals surface area contributed by atoms with Gasteiger partial charge in [-0.1, -0.05) is 18.2 Å². The maximum Gasteiger partial charge on any atom is 0.308 e. The number of benzene rings is 2. The Kier molecular flexibility index (Phi) is 4.91. The summed E-state index contributed by atoms with van der Waals surface area (Å²) in [6.07, 6.45) is -2.81. The van der Waals surface area contributed by atoms with Crippen LogP contribution in [0.15, 0.2) is 30.3 Å². The van der Waals surface area contributed by atoms with E-state index in [1.54, 1.807) is 18.2 Å². The lowest BCUT2D eigenvalue weighted by Gasteiger charge is -2.32. The molecular weight excluding hydrogens is 356 g/mol. The summed E-state index contributed by atoms with van der Waals surface area (Å²) in [5.41, 5.74) is 0.0879. The fourth-order valence-electron chi connectivity index (χ4n) is 2.97. The first-order chi connectivity index (χ1) is 12.9. The van der Waals surface area contributed by atoms with E-state index < -0.39 is 29.7 Å². The number of carbonyl (C=O) groups is 2. The number of rotatable bonds is 4. The second-order valence-corrected chi connectivity index (χ2v) is 5.81. The molecule has 0 saturated carbocycles. The van der Waals surface area contributed by atoms with Gasteiger partial charge in [-0.15, -0.1) is 0 Å². The molecule has 2 aromatic rings. The molecule has 1 heterocycles. The maximum atomic E-state index is 12.7. The molecule has 8 nitrogen and oxygen atoms in total. The topological polar surface area (TPSA) is 112 Å². The number of ketones is 1. The Morgan fingerprint density at radius 3 is 2.48 bits per heavy atom. The quantitative estimate of drug-likeness (QED) is 0.618. The first kappa shape index (κ1) is 18.5. The molecule has 0 unspecified atom stereocenters. The molecule has 1 aliphatic heterocycles. The molecule has 2 aromatic carbocycles. The van der Waals surface area contributed by atoms with Crippen LogP contribution in [0, 0.1) is 0 Å². The zero-order valence-corrected chi connectivity index (χ0v) is 14.9. The highest BCUT2D eigenvalue weighted by Gasteiger charge is 2.42. The molecule has 0 amide bonds. The Balaban J connectivity index is 2.16. The van der Waals surface area contributed by atoms with Crippen molar-refractivity contribution < 1.29 is 38.7 Å². The molecule has 2 atom stereocenters. The molecule has 0 aliphatic carbocycles. The van der Waals surface area contributed by atoms with Crippen LogP contribution in [-0.2, 0) is 4.79 Å². The van der Waals surface area contributed by atoms with E-state index in [-0.39, 0.29) is 28.6 Å². The number of para-hydroxylation sites is 1. The SMILES string of the molecule is COc1cc(O)c2c(c1OC)O[C@@H](c1ccccc1OC(C)=O)[C@@H](O)C2=O. The Hall–Kier alpha value is -3.26. The summed E-state index contributed by atoms with van der Waals surface area (Å²) >= 11 is 0. The molecular formula is C19H18O8. The third-order valence-corrected chi connectivity index (χ3v) is 4.13. The molecule has 8 heteroatoms. The number of aromatic hydroxyl groups is 1. The largest absolute Gasteiger partial charge is 0.507 e. The van der Waals surface area contributed by atoms with Gasteiger partial charge in [-0.25, -0.2) is 0 Å². The van der Waals surface area contributed by atoms with Crippen LogP contribution in [-0.4, -0.2) is 42.3 Å². The van der Waals surface area contributed by atoms with E-state index >= 15 is 0 Å². The Morgan fingerprint density at radius 2 is 1.85 bits per heavy atom. The number of aliphatic hydroxyl groups is 1. The third kappa shape index (κ3) is 3.15. The molecule has 1 aliphatic rings. The fraction of sp³-hybridized carbons (Fsp3) is 0.263. The van der Waals surface area contributed by atoms with Crippen molar-refractivity contribution in [2.24, 2.45) is 0 Å². The average Bonchev–Trinajstić information content (AvgIpc) is 2.64. The van der Waals surface area contributed by atoms with E-state index in [2.05, 4.69) is 0 Å². The number of phenols is 1. The van der Waals surface area contributed by atoms with Gasteiger partial charge in [-0.2, -0.15) is 0 Å². The van der Waals surface area contributed by atoms with Gasteiger partial charge in [0.1, 0.15) is 17.1 Å². The van der Waals surface area contributed by atoms with E-state index in [9.17, 15) is 19.8 Å². The number of phenolic OH excluding ortho intramolecular Hbond substituents is 1. The van der Waals surface area contributed by atoms with E-state index in [0.29, 0.717) is 5.56 Å². The first-order valence-electron chi connectivity index (χ1n) is 8.03.